The van der Waals surface area contributed by atoms with Crippen molar-refractivity contribution in [3.05, 3.63) is 59.9 Å². The van der Waals surface area contributed by atoms with Crippen molar-refractivity contribution in [1.82, 2.24) is 19.9 Å². The predicted molar refractivity (Wildman–Crippen MR) is 136 cm³/mol. The minimum absolute atomic E-state index is 0.132. The molecule has 12 nitrogen and oxygen atoms in total. The molecule has 0 radical (unpaired) electrons. The lowest BCUT2D eigenvalue weighted by Crippen LogP contribution is -2.32. The van der Waals surface area contributed by atoms with Crippen molar-refractivity contribution in [2.45, 2.75) is 18.9 Å². The molecule has 1 amide bonds. The first kappa shape index (κ1) is 27.0. The van der Waals surface area contributed by atoms with E-state index in [1.54, 1.807) is 52.6 Å². The maximum Gasteiger partial charge on any atom is 0.414 e. The van der Waals surface area contributed by atoms with E-state index in [-0.39, 0.29) is 12.4 Å². The Hall–Kier alpha value is -4.61. The number of anilines is 2. The third-order valence-electron chi connectivity index (χ3n) is 5.25. The van der Waals surface area contributed by atoms with Crippen molar-refractivity contribution in [3.63, 3.8) is 0 Å². The standard InChI is InChI=1S/C25H30N6O6/c1-31(2)25(34)37-18-8-5-16(6-9-18)13-19(22(32)33)29-24-28-15-27-23(30-24)26-12-11-17-7-10-20(35-3)21(14-17)36-4/h5-10,14-15,19H,11-13H2,1-4H3,(H,32,33)(H2,26,27,28,29,30)/t19-/m0/s1. The van der Waals surface area contributed by atoms with Gasteiger partial charge in [-0.05, 0) is 41.8 Å². The monoisotopic (exact) mass is 510 g/mol. The van der Waals surface area contributed by atoms with Gasteiger partial charge in [0.2, 0.25) is 11.9 Å². The van der Waals surface area contributed by atoms with Crippen molar-refractivity contribution in [2.24, 2.45) is 0 Å². The number of aliphatic carboxylic acids is 1. The van der Waals surface area contributed by atoms with Gasteiger partial charge in [0, 0.05) is 27.1 Å². The molecule has 0 spiro atoms. The molecule has 0 saturated heterocycles. The zero-order valence-corrected chi connectivity index (χ0v) is 21.1. The lowest BCUT2D eigenvalue weighted by molar-refractivity contribution is -0.137. The molecule has 0 bridgehead atoms. The van der Waals surface area contributed by atoms with Crippen LogP contribution in [-0.2, 0) is 17.6 Å². The summed E-state index contributed by atoms with van der Waals surface area (Å²) in [5.41, 5.74) is 1.76. The van der Waals surface area contributed by atoms with Crippen LogP contribution < -0.4 is 24.8 Å². The van der Waals surface area contributed by atoms with Crippen molar-refractivity contribution in [3.8, 4) is 17.2 Å². The van der Waals surface area contributed by atoms with Crippen molar-refractivity contribution < 1.29 is 28.9 Å². The lowest BCUT2D eigenvalue weighted by Gasteiger charge is -2.15. The molecule has 1 heterocycles. The summed E-state index contributed by atoms with van der Waals surface area (Å²) in [5.74, 6) is 1.05. The van der Waals surface area contributed by atoms with Crippen LogP contribution in [0.3, 0.4) is 0 Å². The van der Waals surface area contributed by atoms with Crippen molar-refractivity contribution in [1.29, 1.82) is 0 Å². The van der Waals surface area contributed by atoms with Crippen LogP contribution in [0.15, 0.2) is 48.8 Å². The minimum Gasteiger partial charge on any atom is -0.493 e. The molecule has 2 aromatic carbocycles. The topological polar surface area (TPSA) is 148 Å². The van der Waals surface area contributed by atoms with Crippen molar-refractivity contribution >= 4 is 24.0 Å². The normalized spacial score (nSPS) is 11.2. The molecule has 3 N–H and O–H groups in total. The Morgan fingerprint density at radius 2 is 1.65 bits per heavy atom. The summed E-state index contributed by atoms with van der Waals surface area (Å²) in [7, 11) is 6.34. The number of carboxylic acids is 1. The quantitative estimate of drug-likeness (QED) is 0.330. The largest absolute Gasteiger partial charge is 0.493 e. The second-order valence-electron chi connectivity index (χ2n) is 8.14. The van der Waals surface area contributed by atoms with Gasteiger partial charge >= 0.3 is 12.1 Å². The third-order valence-corrected chi connectivity index (χ3v) is 5.25. The molecule has 1 aromatic heterocycles. The molecule has 0 unspecified atom stereocenters. The Labute approximate surface area is 214 Å². The van der Waals surface area contributed by atoms with Gasteiger partial charge in [0.15, 0.2) is 11.5 Å². The second kappa shape index (κ2) is 12.9. The molecule has 3 aromatic rings. The summed E-state index contributed by atoms with van der Waals surface area (Å²) in [6.45, 7) is 0.534. The first-order chi connectivity index (χ1) is 17.8. The smallest absolute Gasteiger partial charge is 0.414 e. The summed E-state index contributed by atoms with van der Waals surface area (Å²) >= 11 is 0. The fourth-order valence-corrected chi connectivity index (χ4v) is 3.28. The molecule has 0 aliphatic rings. The number of methoxy groups -OCH3 is 2. The highest BCUT2D eigenvalue weighted by Gasteiger charge is 2.20. The number of ether oxygens (including phenoxy) is 3. The second-order valence-corrected chi connectivity index (χ2v) is 8.14. The fourth-order valence-electron chi connectivity index (χ4n) is 3.28. The molecule has 12 heteroatoms. The number of carbonyl (C=O) groups excluding carboxylic acids is 1. The van der Waals surface area contributed by atoms with E-state index in [0.717, 1.165) is 11.1 Å². The number of hydrogen-bond donors (Lipinski definition) is 3. The SMILES string of the molecule is COc1ccc(CCNc2ncnc(N[C@@H](Cc3ccc(OC(=O)N(C)C)cc3)C(=O)O)n2)cc1OC. The van der Waals surface area contributed by atoms with E-state index in [1.165, 1.54) is 11.2 Å². The number of rotatable bonds is 12. The Morgan fingerprint density at radius 1 is 0.973 bits per heavy atom. The molecule has 1 atom stereocenters. The number of nitrogens with one attached hydrogen (secondary N) is 2. The summed E-state index contributed by atoms with van der Waals surface area (Å²) in [6, 6.07) is 11.3. The van der Waals surface area contributed by atoms with Crippen molar-refractivity contribution in [2.75, 3.05) is 45.5 Å². The Morgan fingerprint density at radius 3 is 2.30 bits per heavy atom. The molecule has 0 aliphatic heterocycles. The van der Waals surface area contributed by atoms with E-state index >= 15 is 0 Å². The number of amides is 1. The Bertz CT molecular complexity index is 1200. The summed E-state index contributed by atoms with van der Waals surface area (Å²) in [4.78, 5) is 37.3. The van der Waals surface area contributed by atoms with Crippen LogP contribution in [0.1, 0.15) is 11.1 Å². The van der Waals surface area contributed by atoms with Crippen LogP contribution in [-0.4, -0.2) is 77.9 Å². The predicted octanol–water partition coefficient (Wildman–Crippen LogP) is 2.71. The molecule has 0 saturated carbocycles. The van der Waals surface area contributed by atoms with Gasteiger partial charge in [-0.2, -0.15) is 4.98 Å². The average molecular weight is 511 g/mol. The van der Waals surface area contributed by atoms with Gasteiger partial charge in [0.1, 0.15) is 18.1 Å². The van der Waals surface area contributed by atoms with Crippen LogP contribution in [0.25, 0.3) is 0 Å². The van der Waals surface area contributed by atoms with E-state index < -0.39 is 18.1 Å². The number of benzene rings is 2. The molecule has 196 valence electrons. The summed E-state index contributed by atoms with van der Waals surface area (Å²) in [5, 5.41) is 15.7. The van der Waals surface area contributed by atoms with E-state index in [2.05, 4.69) is 25.6 Å². The van der Waals surface area contributed by atoms with Crippen LogP contribution in [0.5, 0.6) is 17.2 Å². The van der Waals surface area contributed by atoms with Crippen LogP contribution >= 0.6 is 0 Å². The van der Waals surface area contributed by atoms with E-state index in [9.17, 15) is 14.7 Å². The molecule has 37 heavy (non-hydrogen) atoms. The molecular formula is C25H30N6O6. The lowest BCUT2D eigenvalue weighted by atomic mass is 10.1. The van der Waals surface area contributed by atoms with Crippen LogP contribution in [0, 0.1) is 0 Å². The third kappa shape index (κ3) is 7.95. The first-order valence-electron chi connectivity index (χ1n) is 11.4. The molecule has 0 aliphatic carbocycles. The van der Waals surface area contributed by atoms with Gasteiger partial charge in [-0.3, -0.25) is 0 Å². The van der Waals surface area contributed by atoms with Crippen LogP contribution in [0.2, 0.25) is 0 Å². The zero-order valence-electron chi connectivity index (χ0n) is 21.1. The Balaban J connectivity index is 1.57. The number of carboxylic acid groups (broad SMARTS) is 1. The highest BCUT2D eigenvalue weighted by Crippen LogP contribution is 2.27. The highest BCUT2D eigenvalue weighted by molar-refractivity contribution is 5.77. The molecule has 0 fully saturated rings. The zero-order chi connectivity index (χ0) is 26.8. The average Bonchev–Trinajstić information content (AvgIpc) is 2.89. The number of hydrogen-bond acceptors (Lipinski definition) is 10. The van der Waals surface area contributed by atoms with Gasteiger partial charge < -0.3 is 34.9 Å². The highest BCUT2D eigenvalue weighted by atomic mass is 16.6. The minimum atomic E-state index is -1.06. The number of nitrogens with zero attached hydrogens (tertiary/aromatic N) is 4. The fraction of sp³-hybridized carbons (Fsp3) is 0.320. The number of aromatic nitrogens is 3. The molecular weight excluding hydrogens is 480 g/mol. The first-order valence-corrected chi connectivity index (χ1v) is 11.4. The molecule has 3 rings (SSSR count). The maximum absolute atomic E-state index is 11.9. The summed E-state index contributed by atoms with van der Waals surface area (Å²) < 4.78 is 15.8. The van der Waals surface area contributed by atoms with Gasteiger partial charge in [0.05, 0.1) is 14.2 Å². The Kier molecular flexibility index (Phi) is 9.41. The van der Waals surface area contributed by atoms with Gasteiger partial charge in [-0.25, -0.2) is 19.6 Å². The summed E-state index contributed by atoms with van der Waals surface area (Å²) in [6.07, 6.45) is 1.64. The van der Waals surface area contributed by atoms with E-state index in [0.29, 0.717) is 36.2 Å². The maximum atomic E-state index is 11.9. The van der Waals surface area contributed by atoms with Gasteiger partial charge in [-0.15, -0.1) is 0 Å². The van der Waals surface area contributed by atoms with Crippen LogP contribution in [0.4, 0.5) is 16.7 Å². The van der Waals surface area contributed by atoms with E-state index in [4.69, 9.17) is 14.2 Å². The number of carbonyl (C=O) groups is 2. The van der Waals surface area contributed by atoms with E-state index in [1.807, 2.05) is 18.2 Å². The van der Waals surface area contributed by atoms with Gasteiger partial charge in [0.25, 0.3) is 0 Å². The van der Waals surface area contributed by atoms with Gasteiger partial charge in [-0.1, -0.05) is 18.2 Å².